The Balaban J connectivity index is 1.60. The molecule has 0 bridgehead atoms. The number of carbonyl (C=O) groups excluding carboxylic acids is 1. The summed E-state index contributed by atoms with van der Waals surface area (Å²) in [6.07, 6.45) is 1.62. The van der Waals surface area contributed by atoms with Gasteiger partial charge >= 0.3 is 5.97 Å². The number of hydrogen-bond donors (Lipinski definition) is 2. The SMILES string of the molecule is O=C(O)CC1SC(=NN=Cc2cc(Br)ccc2OCCC2OCCO2)NC1=O. The quantitative estimate of drug-likeness (QED) is 0.439. The van der Waals surface area contributed by atoms with Gasteiger partial charge in [-0.2, -0.15) is 5.10 Å². The van der Waals surface area contributed by atoms with Crippen LogP contribution in [0.15, 0.2) is 32.9 Å². The summed E-state index contributed by atoms with van der Waals surface area (Å²) in [5, 5.41) is 18.8. The Kier molecular flexibility index (Phi) is 7.43. The second-order valence-corrected chi connectivity index (χ2v) is 7.94. The van der Waals surface area contributed by atoms with Crippen LogP contribution in [0.3, 0.4) is 0 Å². The fraction of sp³-hybridized carbons (Fsp3) is 0.412. The molecule has 9 nitrogen and oxygen atoms in total. The largest absolute Gasteiger partial charge is 0.493 e. The van der Waals surface area contributed by atoms with Crippen molar-refractivity contribution in [3.8, 4) is 5.75 Å². The molecule has 1 aromatic carbocycles. The minimum Gasteiger partial charge on any atom is -0.493 e. The maximum absolute atomic E-state index is 11.7. The van der Waals surface area contributed by atoms with Crippen LogP contribution in [0.5, 0.6) is 5.75 Å². The van der Waals surface area contributed by atoms with Crippen LogP contribution < -0.4 is 10.1 Å². The number of aliphatic carboxylic acids is 1. The van der Waals surface area contributed by atoms with Gasteiger partial charge in [0.1, 0.15) is 11.0 Å². The lowest BCUT2D eigenvalue weighted by Crippen LogP contribution is -2.26. The Morgan fingerprint density at radius 1 is 1.43 bits per heavy atom. The van der Waals surface area contributed by atoms with Crippen molar-refractivity contribution in [3.05, 3.63) is 28.2 Å². The summed E-state index contributed by atoms with van der Waals surface area (Å²) in [6, 6.07) is 5.49. The zero-order valence-electron chi connectivity index (χ0n) is 14.7. The highest BCUT2D eigenvalue weighted by atomic mass is 79.9. The number of hydrogen-bond acceptors (Lipinski definition) is 8. The minimum atomic E-state index is -1.04. The zero-order chi connectivity index (χ0) is 19.9. The first-order valence-electron chi connectivity index (χ1n) is 8.47. The topological polar surface area (TPSA) is 119 Å². The van der Waals surface area contributed by atoms with E-state index in [1.54, 1.807) is 0 Å². The lowest BCUT2D eigenvalue weighted by Gasteiger charge is -2.12. The fourth-order valence-electron chi connectivity index (χ4n) is 2.48. The van der Waals surface area contributed by atoms with Gasteiger partial charge in [0.25, 0.3) is 0 Å². The van der Waals surface area contributed by atoms with Crippen LogP contribution in [0.2, 0.25) is 0 Å². The first-order valence-corrected chi connectivity index (χ1v) is 10.1. The zero-order valence-corrected chi connectivity index (χ0v) is 17.1. The molecule has 1 amide bonds. The number of amides is 1. The molecule has 0 aliphatic carbocycles. The molecule has 2 fully saturated rings. The van der Waals surface area contributed by atoms with E-state index in [1.807, 2.05) is 18.2 Å². The van der Waals surface area contributed by atoms with Crippen molar-refractivity contribution in [1.82, 2.24) is 5.32 Å². The lowest BCUT2D eigenvalue weighted by molar-refractivity contribution is -0.138. The van der Waals surface area contributed by atoms with Gasteiger partial charge in [-0.25, -0.2) is 0 Å². The van der Waals surface area contributed by atoms with E-state index in [9.17, 15) is 9.59 Å². The Bertz CT molecular complexity index is 797. The average Bonchev–Trinajstić information content (AvgIpc) is 3.27. The molecule has 0 spiro atoms. The smallest absolute Gasteiger partial charge is 0.305 e. The highest BCUT2D eigenvalue weighted by Crippen LogP contribution is 2.24. The molecule has 2 saturated heterocycles. The maximum Gasteiger partial charge on any atom is 0.305 e. The minimum absolute atomic E-state index is 0.235. The predicted octanol–water partition coefficient (Wildman–Crippen LogP) is 1.99. The van der Waals surface area contributed by atoms with Gasteiger partial charge < -0.3 is 24.6 Å². The van der Waals surface area contributed by atoms with Crippen LogP contribution in [-0.4, -0.2) is 59.7 Å². The van der Waals surface area contributed by atoms with Gasteiger partial charge in [0.05, 0.1) is 32.5 Å². The first-order chi connectivity index (χ1) is 13.5. The number of nitrogens with one attached hydrogen (secondary N) is 1. The van der Waals surface area contributed by atoms with E-state index in [2.05, 4.69) is 31.4 Å². The molecule has 2 heterocycles. The summed E-state index contributed by atoms with van der Waals surface area (Å²) in [4.78, 5) is 22.5. The third-order valence-electron chi connectivity index (χ3n) is 3.76. The van der Waals surface area contributed by atoms with Gasteiger partial charge in [-0.15, -0.1) is 5.10 Å². The molecule has 2 aliphatic heterocycles. The van der Waals surface area contributed by atoms with E-state index in [1.165, 1.54) is 6.21 Å². The third-order valence-corrected chi connectivity index (χ3v) is 5.32. The molecule has 150 valence electrons. The number of carboxylic acids is 1. The molecule has 11 heteroatoms. The molecule has 0 saturated carbocycles. The van der Waals surface area contributed by atoms with E-state index in [0.29, 0.717) is 37.6 Å². The van der Waals surface area contributed by atoms with Crippen LogP contribution in [0.25, 0.3) is 0 Å². The van der Waals surface area contributed by atoms with Crippen molar-refractivity contribution >= 4 is 51.0 Å². The van der Waals surface area contributed by atoms with E-state index < -0.39 is 11.2 Å². The monoisotopic (exact) mass is 471 g/mol. The number of carbonyl (C=O) groups is 2. The fourth-order valence-corrected chi connectivity index (χ4v) is 3.77. The molecule has 0 radical (unpaired) electrons. The number of rotatable bonds is 8. The molecule has 2 N–H and O–H groups in total. The van der Waals surface area contributed by atoms with Crippen LogP contribution in [-0.2, 0) is 19.1 Å². The molecule has 0 aromatic heterocycles. The van der Waals surface area contributed by atoms with Crippen LogP contribution in [0.1, 0.15) is 18.4 Å². The predicted molar refractivity (Wildman–Crippen MR) is 107 cm³/mol. The van der Waals surface area contributed by atoms with Crippen LogP contribution in [0, 0.1) is 0 Å². The van der Waals surface area contributed by atoms with Gasteiger partial charge in [0.15, 0.2) is 11.5 Å². The Hall–Kier alpha value is -1.95. The van der Waals surface area contributed by atoms with Gasteiger partial charge in [0, 0.05) is 16.5 Å². The molecule has 2 aliphatic rings. The number of benzene rings is 1. The normalized spacial score (nSPS) is 21.5. The molecule has 1 atom stereocenters. The average molecular weight is 472 g/mol. The summed E-state index contributed by atoms with van der Waals surface area (Å²) in [6.45, 7) is 1.62. The van der Waals surface area contributed by atoms with Crippen LogP contribution >= 0.6 is 27.7 Å². The van der Waals surface area contributed by atoms with E-state index >= 15 is 0 Å². The number of nitrogens with zero attached hydrogens (tertiary/aromatic N) is 2. The highest BCUT2D eigenvalue weighted by molar-refractivity contribution is 9.10. The van der Waals surface area contributed by atoms with Gasteiger partial charge in [-0.05, 0) is 18.2 Å². The summed E-state index contributed by atoms with van der Waals surface area (Å²) in [5.41, 5.74) is 0.698. The molecule has 1 aromatic rings. The van der Waals surface area contributed by atoms with Crippen molar-refractivity contribution in [3.63, 3.8) is 0 Å². The number of amidine groups is 1. The van der Waals surface area contributed by atoms with Crippen LogP contribution in [0.4, 0.5) is 0 Å². The Morgan fingerprint density at radius 3 is 2.96 bits per heavy atom. The molecular weight excluding hydrogens is 454 g/mol. The second-order valence-electron chi connectivity index (χ2n) is 5.83. The van der Waals surface area contributed by atoms with E-state index in [-0.39, 0.29) is 23.8 Å². The van der Waals surface area contributed by atoms with Gasteiger partial charge in [0.2, 0.25) is 5.91 Å². The number of carboxylic acid groups (broad SMARTS) is 1. The van der Waals surface area contributed by atoms with Crippen molar-refractivity contribution in [2.45, 2.75) is 24.4 Å². The number of halogens is 1. The van der Waals surface area contributed by atoms with Crippen molar-refractivity contribution in [1.29, 1.82) is 0 Å². The number of thioether (sulfide) groups is 1. The molecule has 28 heavy (non-hydrogen) atoms. The summed E-state index contributed by atoms with van der Waals surface area (Å²) >= 11 is 4.45. The van der Waals surface area contributed by atoms with Crippen molar-refractivity contribution in [2.75, 3.05) is 19.8 Å². The Morgan fingerprint density at radius 2 is 2.21 bits per heavy atom. The second kappa shape index (κ2) is 10.0. The third kappa shape index (κ3) is 6.03. The Labute approximate surface area is 173 Å². The summed E-state index contributed by atoms with van der Waals surface area (Å²) < 4.78 is 17.4. The summed E-state index contributed by atoms with van der Waals surface area (Å²) in [7, 11) is 0. The van der Waals surface area contributed by atoms with Gasteiger partial charge in [-0.1, -0.05) is 27.7 Å². The maximum atomic E-state index is 11.7. The standard InChI is InChI=1S/C17H18BrN3O6S/c18-11-1-2-12(25-4-3-15-26-5-6-27-15)10(7-11)9-19-21-17-20-16(24)13(28-17)8-14(22)23/h1-2,7,9,13,15H,3-6,8H2,(H,22,23)(H,20,21,24). The van der Waals surface area contributed by atoms with E-state index in [0.717, 1.165) is 16.2 Å². The molecule has 3 rings (SSSR count). The number of ether oxygens (including phenoxy) is 3. The van der Waals surface area contributed by atoms with Gasteiger partial charge in [-0.3, -0.25) is 9.59 Å². The van der Waals surface area contributed by atoms with Crippen molar-refractivity contribution in [2.24, 2.45) is 10.2 Å². The molecule has 1 unspecified atom stereocenters. The molecular formula is C17H18BrN3O6S. The lowest BCUT2D eigenvalue weighted by atomic mass is 10.2. The first kappa shape index (κ1) is 20.8. The van der Waals surface area contributed by atoms with Crippen molar-refractivity contribution < 1.29 is 28.9 Å². The summed E-state index contributed by atoms with van der Waals surface area (Å²) in [5.74, 6) is -0.803. The highest BCUT2D eigenvalue weighted by Gasteiger charge is 2.32. The van der Waals surface area contributed by atoms with E-state index in [4.69, 9.17) is 19.3 Å².